The first kappa shape index (κ1) is 15.2. The zero-order valence-electron chi connectivity index (χ0n) is 11.5. The third kappa shape index (κ3) is 5.03. The summed E-state index contributed by atoms with van der Waals surface area (Å²) in [6, 6.07) is 18.3. The quantitative estimate of drug-likeness (QED) is 0.889. The van der Waals surface area contributed by atoms with Crippen molar-refractivity contribution in [3.05, 3.63) is 71.3 Å². The van der Waals surface area contributed by atoms with Gasteiger partial charge in [-0.3, -0.25) is 0 Å². The highest BCUT2D eigenvalue weighted by molar-refractivity contribution is 7.88. The van der Waals surface area contributed by atoms with Crippen molar-refractivity contribution in [2.24, 2.45) is 0 Å². The molecule has 0 aliphatic rings. The molecule has 0 unspecified atom stereocenters. The lowest BCUT2D eigenvalue weighted by Gasteiger charge is -2.07. The fourth-order valence-corrected chi connectivity index (χ4v) is 3.09. The zero-order chi connectivity index (χ0) is 15.1. The Kier molecular flexibility index (Phi) is 5.09. The standard InChI is InChI=1S/C16H16N2O2S/c17-12-15-6-8-16(9-7-15)13-21(19,20)18-11-10-14-4-2-1-3-5-14/h1-9,18H,10-11,13H2. The van der Waals surface area contributed by atoms with Gasteiger partial charge in [0.25, 0.3) is 0 Å². The molecule has 0 aliphatic heterocycles. The molecule has 21 heavy (non-hydrogen) atoms. The highest BCUT2D eigenvalue weighted by Gasteiger charge is 2.10. The van der Waals surface area contributed by atoms with E-state index in [2.05, 4.69) is 4.72 Å². The Balaban J connectivity index is 1.88. The maximum Gasteiger partial charge on any atom is 0.215 e. The number of nitrogens with one attached hydrogen (secondary N) is 1. The van der Waals surface area contributed by atoms with E-state index in [-0.39, 0.29) is 5.75 Å². The maximum atomic E-state index is 12.0. The number of nitrogens with zero attached hydrogens (tertiary/aromatic N) is 1. The van der Waals surface area contributed by atoms with Gasteiger partial charge in [-0.1, -0.05) is 42.5 Å². The molecule has 0 bridgehead atoms. The van der Waals surface area contributed by atoms with Crippen molar-refractivity contribution >= 4 is 10.0 Å². The van der Waals surface area contributed by atoms with Crippen molar-refractivity contribution in [2.45, 2.75) is 12.2 Å². The number of benzene rings is 2. The Morgan fingerprint density at radius 2 is 1.62 bits per heavy atom. The summed E-state index contributed by atoms with van der Waals surface area (Å²) in [6.07, 6.45) is 0.660. The van der Waals surface area contributed by atoms with Gasteiger partial charge < -0.3 is 0 Å². The van der Waals surface area contributed by atoms with Gasteiger partial charge in [-0.05, 0) is 29.7 Å². The van der Waals surface area contributed by atoms with Crippen LogP contribution in [0.25, 0.3) is 0 Å². The fraction of sp³-hybridized carbons (Fsp3) is 0.188. The SMILES string of the molecule is N#Cc1ccc(CS(=O)(=O)NCCc2ccccc2)cc1. The van der Waals surface area contributed by atoms with Gasteiger partial charge in [0, 0.05) is 6.54 Å². The summed E-state index contributed by atoms with van der Waals surface area (Å²) in [5, 5.41) is 8.70. The second kappa shape index (κ2) is 7.02. The van der Waals surface area contributed by atoms with Crippen LogP contribution in [0.4, 0.5) is 0 Å². The van der Waals surface area contributed by atoms with Crippen LogP contribution in [0, 0.1) is 11.3 Å². The number of sulfonamides is 1. The van der Waals surface area contributed by atoms with E-state index >= 15 is 0 Å². The molecule has 0 fully saturated rings. The molecule has 108 valence electrons. The van der Waals surface area contributed by atoms with Crippen molar-refractivity contribution in [1.82, 2.24) is 4.72 Å². The van der Waals surface area contributed by atoms with E-state index in [9.17, 15) is 8.42 Å². The molecule has 0 saturated carbocycles. The van der Waals surface area contributed by atoms with Gasteiger partial charge in [-0.2, -0.15) is 5.26 Å². The minimum Gasteiger partial charge on any atom is -0.215 e. The molecule has 4 nitrogen and oxygen atoms in total. The van der Waals surface area contributed by atoms with Crippen LogP contribution >= 0.6 is 0 Å². The van der Waals surface area contributed by atoms with E-state index in [0.29, 0.717) is 24.1 Å². The molecule has 0 aliphatic carbocycles. The molecular formula is C16H16N2O2S. The molecule has 2 aromatic rings. The molecule has 0 aromatic heterocycles. The Labute approximate surface area is 125 Å². The van der Waals surface area contributed by atoms with E-state index < -0.39 is 10.0 Å². The topological polar surface area (TPSA) is 70.0 Å². The number of hydrogen-bond donors (Lipinski definition) is 1. The Morgan fingerprint density at radius 3 is 2.24 bits per heavy atom. The molecule has 0 heterocycles. The van der Waals surface area contributed by atoms with Crippen molar-refractivity contribution < 1.29 is 8.42 Å². The summed E-state index contributed by atoms with van der Waals surface area (Å²) in [4.78, 5) is 0. The van der Waals surface area contributed by atoms with Crippen LogP contribution in [-0.4, -0.2) is 15.0 Å². The molecule has 0 amide bonds. The van der Waals surface area contributed by atoms with E-state index in [1.165, 1.54) is 0 Å². The summed E-state index contributed by atoms with van der Waals surface area (Å²) in [7, 11) is -3.36. The Bertz CT molecular complexity index is 717. The van der Waals surface area contributed by atoms with Gasteiger partial charge in [0.2, 0.25) is 10.0 Å². The van der Waals surface area contributed by atoms with Crippen molar-refractivity contribution in [2.75, 3.05) is 6.54 Å². The Hall–Kier alpha value is -2.16. The first-order valence-electron chi connectivity index (χ1n) is 6.59. The second-order valence-electron chi connectivity index (χ2n) is 4.70. The largest absolute Gasteiger partial charge is 0.215 e. The highest BCUT2D eigenvalue weighted by atomic mass is 32.2. The molecular weight excluding hydrogens is 284 g/mol. The van der Waals surface area contributed by atoms with Crippen LogP contribution < -0.4 is 4.72 Å². The first-order valence-corrected chi connectivity index (χ1v) is 8.24. The third-order valence-corrected chi connectivity index (χ3v) is 4.38. The van der Waals surface area contributed by atoms with E-state index in [4.69, 9.17) is 5.26 Å². The predicted octanol–water partition coefficient (Wildman–Crippen LogP) is 2.22. The lowest BCUT2D eigenvalue weighted by atomic mass is 10.2. The minimum absolute atomic E-state index is 0.0759. The van der Waals surface area contributed by atoms with Gasteiger partial charge in [-0.15, -0.1) is 0 Å². The van der Waals surface area contributed by atoms with Crippen LogP contribution in [0.15, 0.2) is 54.6 Å². The first-order chi connectivity index (χ1) is 10.1. The summed E-state index contributed by atoms with van der Waals surface area (Å²) in [6.45, 7) is 0.378. The normalized spacial score (nSPS) is 11.0. The lowest BCUT2D eigenvalue weighted by molar-refractivity contribution is 0.581. The third-order valence-electron chi connectivity index (χ3n) is 3.02. The van der Waals surface area contributed by atoms with Gasteiger partial charge >= 0.3 is 0 Å². The fourth-order valence-electron chi connectivity index (χ4n) is 1.94. The molecule has 0 radical (unpaired) electrons. The summed E-state index contributed by atoms with van der Waals surface area (Å²) in [5.74, 6) is -0.0759. The average molecular weight is 300 g/mol. The van der Waals surface area contributed by atoms with Gasteiger partial charge in [-0.25, -0.2) is 13.1 Å². The average Bonchev–Trinajstić information content (AvgIpc) is 2.48. The van der Waals surface area contributed by atoms with Crippen LogP contribution in [0.1, 0.15) is 16.7 Å². The highest BCUT2D eigenvalue weighted by Crippen LogP contribution is 2.07. The molecule has 1 N–H and O–H groups in total. The number of rotatable bonds is 6. The maximum absolute atomic E-state index is 12.0. The molecule has 2 aromatic carbocycles. The lowest BCUT2D eigenvalue weighted by Crippen LogP contribution is -2.27. The number of hydrogen-bond acceptors (Lipinski definition) is 3. The predicted molar refractivity (Wildman–Crippen MR) is 81.9 cm³/mol. The van der Waals surface area contributed by atoms with Crippen molar-refractivity contribution in [3.63, 3.8) is 0 Å². The van der Waals surface area contributed by atoms with E-state index in [1.807, 2.05) is 36.4 Å². The van der Waals surface area contributed by atoms with Gasteiger partial charge in [0.15, 0.2) is 0 Å². The smallest absolute Gasteiger partial charge is 0.215 e. The molecule has 0 saturated heterocycles. The van der Waals surface area contributed by atoms with Gasteiger partial charge in [0.1, 0.15) is 0 Å². The van der Waals surface area contributed by atoms with Crippen molar-refractivity contribution in [1.29, 1.82) is 5.26 Å². The summed E-state index contributed by atoms with van der Waals surface area (Å²) >= 11 is 0. The van der Waals surface area contributed by atoms with Gasteiger partial charge in [0.05, 0.1) is 17.4 Å². The Morgan fingerprint density at radius 1 is 0.952 bits per heavy atom. The molecule has 5 heteroatoms. The van der Waals surface area contributed by atoms with E-state index in [1.54, 1.807) is 24.3 Å². The van der Waals surface area contributed by atoms with E-state index in [0.717, 1.165) is 5.56 Å². The molecule has 0 atom stereocenters. The van der Waals surface area contributed by atoms with Crippen LogP contribution in [0.5, 0.6) is 0 Å². The molecule has 2 rings (SSSR count). The number of nitriles is 1. The van der Waals surface area contributed by atoms with Crippen LogP contribution in [0.3, 0.4) is 0 Å². The summed E-state index contributed by atoms with van der Waals surface area (Å²) < 4.78 is 26.5. The molecule has 0 spiro atoms. The van der Waals surface area contributed by atoms with Crippen LogP contribution in [-0.2, 0) is 22.2 Å². The second-order valence-corrected chi connectivity index (χ2v) is 6.50. The monoisotopic (exact) mass is 300 g/mol. The summed E-state index contributed by atoms with van der Waals surface area (Å²) in [5.41, 5.74) is 2.29. The van der Waals surface area contributed by atoms with Crippen molar-refractivity contribution in [3.8, 4) is 6.07 Å². The zero-order valence-corrected chi connectivity index (χ0v) is 12.3. The minimum atomic E-state index is -3.36. The van der Waals surface area contributed by atoms with Crippen LogP contribution in [0.2, 0.25) is 0 Å².